The third-order valence-corrected chi connectivity index (χ3v) is 5.55. The molecular formula is C24H29N3O4. The Morgan fingerprint density at radius 2 is 1.94 bits per heavy atom. The van der Waals surface area contributed by atoms with Gasteiger partial charge in [-0.25, -0.2) is 4.79 Å². The highest BCUT2D eigenvalue weighted by Crippen LogP contribution is 2.34. The van der Waals surface area contributed by atoms with Crippen molar-refractivity contribution < 1.29 is 19.4 Å². The Morgan fingerprint density at radius 3 is 2.52 bits per heavy atom. The summed E-state index contributed by atoms with van der Waals surface area (Å²) in [5, 5.41) is 22.5. The topological polar surface area (TPSA) is 94.8 Å². The van der Waals surface area contributed by atoms with Crippen molar-refractivity contribution in [2.45, 2.75) is 32.4 Å². The molecule has 7 heteroatoms. The molecule has 1 saturated heterocycles. The van der Waals surface area contributed by atoms with Gasteiger partial charge in [0.15, 0.2) is 5.54 Å². The Bertz CT molecular complexity index is 933. The molecule has 0 bridgehead atoms. The van der Waals surface area contributed by atoms with E-state index in [0.717, 1.165) is 18.7 Å². The molecule has 1 aliphatic heterocycles. The molecule has 3 rings (SSSR count). The number of nitrogens with zero attached hydrogens (tertiary/aromatic N) is 2. The third kappa shape index (κ3) is 5.35. The first-order valence-electron chi connectivity index (χ1n) is 10.6. The predicted octanol–water partition coefficient (Wildman–Crippen LogP) is 3.59. The van der Waals surface area contributed by atoms with Gasteiger partial charge in [-0.3, -0.25) is 4.90 Å². The summed E-state index contributed by atoms with van der Waals surface area (Å²) in [6, 6.07) is 14.6. The molecule has 2 aromatic carbocycles. The molecule has 0 radical (unpaired) electrons. The van der Waals surface area contributed by atoms with Gasteiger partial charge in [-0.15, -0.1) is 0 Å². The summed E-state index contributed by atoms with van der Waals surface area (Å²) >= 11 is 0. The first-order chi connectivity index (χ1) is 15.0. The van der Waals surface area contributed by atoms with E-state index in [-0.39, 0.29) is 0 Å². The highest BCUT2D eigenvalue weighted by Gasteiger charge is 2.39. The second-order valence-corrected chi connectivity index (χ2v) is 7.57. The van der Waals surface area contributed by atoms with E-state index < -0.39 is 11.5 Å². The Morgan fingerprint density at radius 1 is 1.23 bits per heavy atom. The normalized spacial score (nSPS) is 16.2. The summed E-state index contributed by atoms with van der Waals surface area (Å²) in [7, 11) is 0. The second-order valence-electron chi connectivity index (χ2n) is 7.57. The zero-order chi connectivity index (χ0) is 22.3. The lowest BCUT2D eigenvalue weighted by molar-refractivity contribution is -0.142. The molecule has 1 aliphatic rings. The van der Waals surface area contributed by atoms with Crippen molar-refractivity contribution in [2.24, 2.45) is 0 Å². The standard InChI is InChI=1S/C24H29N3O4/c1-3-24(23(28)29,26-21-7-5-18(16-25)6-8-21)20-13-19(14-22(15-20)31-4-2)17-27-9-11-30-12-10-27/h5-8,13-15,26H,3-4,9-12,17H2,1-2H3,(H,28,29). The first kappa shape index (κ1) is 22.6. The highest BCUT2D eigenvalue weighted by molar-refractivity contribution is 5.85. The van der Waals surface area contributed by atoms with Crippen LogP contribution in [0.15, 0.2) is 42.5 Å². The van der Waals surface area contributed by atoms with Crippen molar-refractivity contribution in [3.63, 3.8) is 0 Å². The number of carbonyl (C=O) groups is 1. The van der Waals surface area contributed by atoms with E-state index in [0.29, 0.717) is 55.4 Å². The molecule has 2 N–H and O–H groups in total. The lowest BCUT2D eigenvalue weighted by Gasteiger charge is -2.32. The number of ether oxygens (including phenoxy) is 2. The fraction of sp³-hybridized carbons (Fsp3) is 0.417. The number of hydrogen-bond acceptors (Lipinski definition) is 6. The molecule has 2 aromatic rings. The monoisotopic (exact) mass is 423 g/mol. The van der Waals surface area contributed by atoms with Crippen molar-refractivity contribution in [1.82, 2.24) is 4.90 Å². The SMILES string of the molecule is CCOc1cc(CN2CCOCC2)cc(C(CC)(Nc2ccc(C#N)cc2)C(=O)O)c1. The van der Waals surface area contributed by atoms with Crippen LogP contribution in [0.1, 0.15) is 37.0 Å². The summed E-state index contributed by atoms with van der Waals surface area (Å²) in [6.07, 6.45) is 0.328. The van der Waals surface area contributed by atoms with Crippen molar-refractivity contribution in [1.29, 1.82) is 5.26 Å². The molecule has 164 valence electrons. The number of aliphatic carboxylic acids is 1. The zero-order valence-corrected chi connectivity index (χ0v) is 18.1. The summed E-state index contributed by atoms with van der Waals surface area (Å²) in [4.78, 5) is 14.9. The van der Waals surface area contributed by atoms with Gasteiger partial charge < -0.3 is 19.9 Å². The highest BCUT2D eigenvalue weighted by atomic mass is 16.5. The molecule has 1 unspecified atom stereocenters. The van der Waals surface area contributed by atoms with Crippen LogP contribution in [-0.2, 0) is 21.6 Å². The van der Waals surface area contributed by atoms with Crippen molar-refractivity contribution >= 4 is 11.7 Å². The summed E-state index contributed by atoms with van der Waals surface area (Å²) in [6.45, 7) is 8.04. The minimum absolute atomic E-state index is 0.328. The molecule has 7 nitrogen and oxygen atoms in total. The summed E-state index contributed by atoms with van der Waals surface area (Å²) in [5.41, 5.74) is 1.47. The second kappa shape index (κ2) is 10.3. The van der Waals surface area contributed by atoms with Crippen molar-refractivity contribution in [3.8, 4) is 11.8 Å². The van der Waals surface area contributed by atoms with Crippen molar-refractivity contribution in [2.75, 3.05) is 38.2 Å². The Hall–Kier alpha value is -3.08. The van der Waals surface area contributed by atoms with Crippen LogP contribution in [0.2, 0.25) is 0 Å². The first-order valence-corrected chi connectivity index (χ1v) is 10.6. The summed E-state index contributed by atoms with van der Waals surface area (Å²) < 4.78 is 11.2. The number of carboxylic acid groups (broad SMARTS) is 1. The average Bonchev–Trinajstić information content (AvgIpc) is 2.78. The molecule has 0 spiro atoms. The minimum atomic E-state index is -1.33. The maximum atomic E-state index is 12.6. The molecule has 31 heavy (non-hydrogen) atoms. The van der Waals surface area contributed by atoms with E-state index in [1.54, 1.807) is 30.3 Å². The number of benzene rings is 2. The fourth-order valence-corrected chi connectivity index (χ4v) is 3.83. The number of morpholine rings is 1. The van der Waals surface area contributed by atoms with E-state index in [1.165, 1.54) is 0 Å². The van der Waals surface area contributed by atoms with Crippen LogP contribution in [0.3, 0.4) is 0 Å². The van der Waals surface area contributed by atoms with Gasteiger partial charge in [-0.1, -0.05) is 13.0 Å². The van der Waals surface area contributed by atoms with E-state index in [4.69, 9.17) is 14.7 Å². The molecule has 0 aliphatic carbocycles. The van der Waals surface area contributed by atoms with Crippen molar-refractivity contribution in [3.05, 3.63) is 59.2 Å². The zero-order valence-electron chi connectivity index (χ0n) is 18.1. The number of anilines is 1. The number of carboxylic acids is 1. The van der Waals surface area contributed by atoms with Gasteiger partial charge in [0, 0.05) is 25.3 Å². The Kier molecular flexibility index (Phi) is 7.50. The molecule has 0 aromatic heterocycles. The van der Waals surface area contributed by atoms with Gasteiger partial charge in [-0.05, 0) is 60.9 Å². The quantitative estimate of drug-likeness (QED) is 0.636. The fourth-order valence-electron chi connectivity index (χ4n) is 3.83. The molecule has 0 amide bonds. The minimum Gasteiger partial charge on any atom is -0.494 e. The number of rotatable bonds is 9. The number of nitrogens with one attached hydrogen (secondary N) is 1. The van der Waals surface area contributed by atoms with Crippen LogP contribution in [-0.4, -0.2) is 48.9 Å². The largest absolute Gasteiger partial charge is 0.494 e. The van der Waals surface area contributed by atoms with Gasteiger partial charge in [0.25, 0.3) is 0 Å². The predicted molar refractivity (Wildman–Crippen MR) is 118 cm³/mol. The van der Waals surface area contributed by atoms with E-state index in [9.17, 15) is 9.90 Å². The molecular weight excluding hydrogens is 394 g/mol. The Labute approximate surface area is 183 Å². The van der Waals surface area contributed by atoms with E-state index in [2.05, 4.69) is 16.3 Å². The van der Waals surface area contributed by atoms with Crippen LogP contribution < -0.4 is 10.1 Å². The van der Waals surface area contributed by atoms with E-state index >= 15 is 0 Å². The lowest BCUT2D eigenvalue weighted by atomic mass is 9.85. The molecule has 1 atom stereocenters. The van der Waals surface area contributed by atoms with Gasteiger partial charge in [-0.2, -0.15) is 5.26 Å². The van der Waals surface area contributed by atoms with Crippen LogP contribution in [0.25, 0.3) is 0 Å². The van der Waals surface area contributed by atoms with Gasteiger partial charge in [0.1, 0.15) is 5.75 Å². The number of hydrogen-bond donors (Lipinski definition) is 2. The third-order valence-electron chi connectivity index (χ3n) is 5.55. The van der Waals surface area contributed by atoms with Crippen LogP contribution in [0.5, 0.6) is 5.75 Å². The maximum Gasteiger partial charge on any atom is 0.334 e. The van der Waals surface area contributed by atoms with Crippen LogP contribution in [0.4, 0.5) is 5.69 Å². The number of nitriles is 1. The lowest BCUT2D eigenvalue weighted by Crippen LogP contribution is -2.43. The van der Waals surface area contributed by atoms with Crippen LogP contribution >= 0.6 is 0 Å². The maximum absolute atomic E-state index is 12.6. The smallest absolute Gasteiger partial charge is 0.334 e. The van der Waals surface area contributed by atoms with Gasteiger partial charge in [0.05, 0.1) is 31.5 Å². The molecule has 1 heterocycles. The molecule has 0 saturated carbocycles. The van der Waals surface area contributed by atoms with Gasteiger partial charge >= 0.3 is 5.97 Å². The van der Waals surface area contributed by atoms with Crippen LogP contribution in [0, 0.1) is 11.3 Å². The Balaban J connectivity index is 1.99. The van der Waals surface area contributed by atoms with Gasteiger partial charge in [0.2, 0.25) is 0 Å². The van der Waals surface area contributed by atoms with E-state index in [1.807, 2.05) is 26.0 Å². The molecule has 1 fully saturated rings. The summed E-state index contributed by atoms with van der Waals surface area (Å²) in [5.74, 6) is -0.311. The average molecular weight is 424 g/mol.